The fourth-order valence-corrected chi connectivity index (χ4v) is 7.61. The zero-order chi connectivity index (χ0) is 32.2. The lowest BCUT2D eigenvalue weighted by atomic mass is 9.86. The third-order valence-electron chi connectivity index (χ3n) is 10.5. The van der Waals surface area contributed by atoms with Crippen molar-refractivity contribution in [2.75, 3.05) is 32.8 Å². The predicted octanol–water partition coefficient (Wildman–Crippen LogP) is 3.06. The van der Waals surface area contributed by atoms with Gasteiger partial charge in [-0.2, -0.15) is 0 Å². The molecule has 2 N–H and O–H groups in total. The molecule has 11 nitrogen and oxygen atoms in total. The third-order valence-corrected chi connectivity index (χ3v) is 10.5. The molecule has 0 aliphatic carbocycles. The van der Waals surface area contributed by atoms with Gasteiger partial charge in [-0.3, -0.25) is 14.5 Å². The topological polar surface area (TPSA) is 134 Å². The Labute approximate surface area is 267 Å². The Bertz CT molecular complexity index is 1750. The highest BCUT2D eigenvalue weighted by molar-refractivity contribution is 5.90. The molecule has 0 unspecified atom stereocenters. The summed E-state index contributed by atoms with van der Waals surface area (Å²) in [6.07, 6.45) is 4.72. The minimum Gasteiger partial charge on any atom is -0.484 e. The minimum absolute atomic E-state index is 0.0126. The molecule has 2 saturated heterocycles. The molecule has 4 aliphatic heterocycles. The quantitative estimate of drug-likeness (QED) is 0.296. The fourth-order valence-electron chi connectivity index (χ4n) is 7.61. The maximum Gasteiger partial charge on any atom is 0.343 e. The Morgan fingerprint density at radius 2 is 1.87 bits per heavy atom. The number of rotatable bonds is 7. The summed E-state index contributed by atoms with van der Waals surface area (Å²) >= 11 is 0. The van der Waals surface area contributed by atoms with E-state index in [0.29, 0.717) is 41.4 Å². The molecule has 1 amide bonds. The van der Waals surface area contributed by atoms with Crippen molar-refractivity contribution in [3.8, 4) is 17.1 Å². The number of nitrogens with zero attached hydrogens (tertiary/aromatic N) is 4. The van der Waals surface area contributed by atoms with Crippen molar-refractivity contribution in [2.45, 2.75) is 83.8 Å². The number of pyridine rings is 2. The first-order valence-electron chi connectivity index (χ1n) is 16.6. The van der Waals surface area contributed by atoms with Gasteiger partial charge in [0.25, 0.3) is 11.5 Å². The van der Waals surface area contributed by atoms with Crippen molar-refractivity contribution in [3.05, 3.63) is 56.9 Å². The molecule has 46 heavy (non-hydrogen) atoms. The highest BCUT2D eigenvalue weighted by Crippen LogP contribution is 2.41. The van der Waals surface area contributed by atoms with Crippen LogP contribution in [0.4, 0.5) is 0 Å². The second kappa shape index (κ2) is 12.1. The van der Waals surface area contributed by atoms with E-state index < -0.39 is 11.6 Å². The number of piperidine rings is 2. The van der Waals surface area contributed by atoms with Crippen molar-refractivity contribution < 1.29 is 29.3 Å². The minimum atomic E-state index is -1.89. The first-order valence-corrected chi connectivity index (χ1v) is 16.6. The molecule has 3 aromatic rings. The summed E-state index contributed by atoms with van der Waals surface area (Å²) in [5.74, 6) is 0.0935. The molecule has 0 saturated carbocycles. The number of aliphatic hydroxyl groups excluding tert-OH is 1. The van der Waals surface area contributed by atoms with Crippen LogP contribution in [0.15, 0.2) is 29.1 Å². The number of hydrogen-bond acceptors (Lipinski definition) is 9. The number of cyclic esters (lactones) is 1. The van der Waals surface area contributed by atoms with E-state index in [-0.39, 0.29) is 43.1 Å². The number of benzene rings is 1. The van der Waals surface area contributed by atoms with E-state index in [4.69, 9.17) is 14.5 Å². The average molecular weight is 631 g/mol. The molecule has 0 bridgehead atoms. The Balaban J connectivity index is 1.28. The molecular weight excluding hydrogens is 588 g/mol. The summed E-state index contributed by atoms with van der Waals surface area (Å²) in [6.45, 7) is 7.47. The van der Waals surface area contributed by atoms with E-state index >= 15 is 0 Å². The lowest BCUT2D eigenvalue weighted by Gasteiger charge is -2.33. The number of esters is 1. The molecule has 11 heteroatoms. The van der Waals surface area contributed by atoms with Crippen LogP contribution in [0.5, 0.6) is 5.75 Å². The van der Waals surface area contributed by atoms with Crippen molar-refractivity contribution in [2.24, 2.45) is 5.92 Å². The van der Waals surface area contributed by atoms with Crippen molar-refractivity contribution in [1.82, 2.24) is 19.4 Å². The van der Waals surface area contributed by atoms with Crippen LogP contribution < -0.4 is 10.3 Å². The lowest BCUT2D eigenvalue weighted by Crippen LogP contribution is -2.44. The number of carbonyl (C=O) groups excluding carboxylic acids is 2. The number of aliphatic hydroxyl groups is 2. The summed E-state index contributed by atoms with van der Waals surface area (Å²) in [7, 11) is 0. The van der Waals surface area contributed by atoms with Gasteiger partial charge in [0.1, 0.15) is 12.4 Å². The van der Waals surface area contributed by atoms with Crippen LogP contribution in [-0.2, 0) is 39.6 Å². The number of aromatic nitrogens is 2. The van der Waals surface area contributed by atoms with Gasteiger partial charge in [-0.1, -0.05) is 6.92 Å². The number of likely N-dealkylation sites (tertiary alicyclic amines) is 2. The Morgan fingerprint density at radius 3 is 2.59 bits per heavy atom. The van der Waals surface area contributed by atoms with Crippen LogP contribution in [0.2, 0.25) is 0 Å². The van der Waals surface area contributed by atoms with Gasteiger partial charge in [0.15, 0.2) is 12.2 Å². The van der Waals surface area contributed by atoms with E-state index in [1.54, 1.807) is 17.6 Å². The van der Waals surface area contributed by atoms with Crippen LogP contribution >= 0.6 is 0 Å². The number of carbonyl (C=O) groups is 2. The van der Waals surface area contributed by atoms with Crippen LogP contribution in [0.1, 0.15) is 74.6 Å². The van der Waals surface area contributed by atoms with E-state index in [2.05, 4.69) is 4.90 Å². The number of hydrogen-bond donors (Lipinski definition) is 2. The highest BCUT2D eigenvalue weighted by Gasteiger charge is 2.45. The second-order valence-corrected chi connectivity index (χ2v) is 13.3. The van der Waals surface area contributed by atoms with E-state index in [1.807, 2.05) is 30.0 Å². The van der Waals surface area contributed by atoms with Gasteiger partial charge in [0.2, 0.25) is 0 Å². The van der Waals surface area contributed by atoms with Crippen molar-refractivity contribution >= 4 is 22.8 Å². The normalized spacial score (nSPS) is 22.3. The average Bonchev–Trinajstić information content (AvgIpc) is 3.45. The summed E-state index contributed by atoms with van der Waals surface area (Å²) in [4.78, 5) is 48.6. The van der Waals surface area contributed by atoms with Crippen LogP contribution in [0, 0.1) is 5.92 Å². The van der Waals surface area contributed by atoms with Gasteiger partial charge < -0.3 is 29.2 Å². The number of fused-ring (bicyclic) bond motifs is 5. The van der Waals surface area contributed by atoms with Crippen LogP contribution in [0.3, 0.4) is 0 Å². The summed E-state index contributed by atoms with van der Waals surface area (Å²) in [5.41, 5.74) is 2.31. The molecule has 4 aliphatic rings. The Kier molecular flexibility index (Phi) is 8.11. The monoisotopic (exact) mass is 630 g/mol. The van der Waals surface area contributed by atoms with Gasteiger partial charge >= 0.3 is 5.97 Å². The maximum atomic E-state index is 13.9. The summed E-state index contributed by atoms with van der Waals surface area (Å²) in [5, 5.41) is 22.4. The molecule has 244 valence electrons. The van der Waals surface area contributed by atoms with Crippen LogP contribution in [0.25, 0.3) is 22.3 Å². The second-order valence-electron chi connectivity index (χ2n) is 13.3. The summed E-state index contributed by atoms with van der Waals surface area (Å²) < 4.78 is 13.0. The van der Waals surface area contributed by atoms with Gasteiger partial charge in [0.05, 0.1) is 35.1 Å². The fraction of sp³-hybridized carbons (Fsp3) is 0.543. The molecular formula is C35H42N4O7. The zero-order valence-corrected chi connectivity index (χ0v) is 26.6. The first-order chi connectivity index (χ1) is 22.2. The van der Waals surface area contributed by atoms with E-state index in [1.165, 1.54) is 0 Å². The molecule has 1 aromatic carbocycles. The molecule has 2 fully saturated rings. The lowest BCUT2D eigenvalue weighted by molar-refractivity contribution is -0.172. The molecule has 6 heterocycles. The first kappa shape index (κ1) is 30.8. The largest absolute Gasteiger partial charge is 0.484 e. The van der Waals surface area contributed by atoms with Crippen molar-refractivity contribution in [1.29, 1.82) is 0 Å². The molecule has 7 rings (SSSR count). The zero-order valence-electron chi connectivity index (χ0n) is 26.6. The Hall–Kier alpha value is -3.80. The number of ether oxygens (including phenoxy) is 2. The van der Waals surface area contributed by atoms with E-state index in [0.717, 1.165) is 80.3 Å². The Morgan fingerprint density at radius 1 is 1.11 bits per heavy atom. The van der Waals surface area contributed by atoms with Crippen LogP contribution in [-0.4, -0.2) is 80.3 Å². The van der Waals surface area contributed by atoms with Gasteiger partial charge in [-0.25, -0.2) is 9.78 Å². The molecule has 2 aromatic heterocycles. The standard InChI is InChI=1S/C35H42N4O7/c1-3-35(44)28-16-30-32-26(18-39(30)33(42)27(28)19-46-34(35)43)25(17-37-13-9-22(10-14-37)21(2)40)24-15-23(7-8-29(24)36-32)45-20-31(41)38-11-5-4-6-12-38/h7-8,15-16,21-22,40,44H,3-6,9-14,17-20H2,1-2H3/t21-,35+/m1/s1. The predicted molar refractivity (Wildman–Crippen MR) is 170 cm³/mol. The van der Waals surface area contributed by atoms with Crippen molar-refractivity contribution in [3.63, 3.8) is 0 Å². The summed E-state index contributed by atoms with van der Waals surface area (Å²) in [6, 6.07) is 7.40. The third kappa shape index (κ3) is 5.28. The van der Waals surface area contributed by atoms with Gasteiger partial charge in [-0.15, -0.1) is 0 Å². The SMILES string of the molecule is CC[C@@]1(O)C(=O)OCc2c1cc1n(c2=O)Cc2c-1nc1ccc(OCC(=O)N3CCCCC3)cc1c2CN1CCC([C@@H](C)O)CC1. The molecule has 0 spiro atoms. The molecule has 0 radical (unpaired) electrons. The molecule has 2 atom stereocenters. The maximum absolute atomic E-state index is 13.9. The van der Waals surface area contributed by atoms with Gasteiger partial charge in [-0.05, 0) is 94.3 Å². The smallest absolute Gasteiger partial charge is 0.343 e. The number of amides is 1. The van der Waals surface area contributed by atoms with Gasteiger partial charge in [0, 0.05) is 36.1 Å². The van der Waals surface area contributed by atoms with E-state index in [9.17, 15) is 24.6 Å². The highest BCUT2D eigenvalue weighted by atomic mass is 16.6.